The molecule has 7 heterocycles. The number of thiophene rings is 2. The Hall–Kier alpha value is -6.23. The van der Waals surface area contributed by atoms with Crippen molar-refractivity contribution >= 4 is 69.8 Å². The third-order valence-electron chi connectivity index (χ3n) is 8.15. The third kappa shape index (κ3) is 6.21. The maximum absolute atomic E-state index is 11.9. The Bertz CT molecular complexity index is 2470. The summed E-state index contributed by atoms with van der Waals surface area (Å²) in [6, 6.07) is 16.3. The van der Waals surface area contributed by atoms with E-state index < -0.39 is 0 Å². The van der Waals surface area contributed by atoms with E-state index in [9.17, 15) is 14.4 Å². The summed E-state index contributed by atoms with van der Waals surface area (Å²) in [7, 11) is 0. The Labute approximate surface area is 291 Å². The molecular formula is C34H25N11O3S2. The van der Waals surface area contributed by atoms with Crippen molar-refractivity contribution in [3.05, 3.63) is 75.2 Å². The summed E-state index contributed by atoms with van der Waals surface area (Å²) in [4.78, 5) is 46.8. The standard InChI is InChI=1S/C19H14N6O2S.C15H11N5OS/c20-8-13-3-4-15(28-13)14-7-16(22-12-1-2-12)25-18(23-14)11(9-21-25)5-10-6-17(26)24-19(10)27;16-6-11-3-4-13(22-11)12-5-14(18-10-1-2-10)20-15(19-12)9(8-21)7-17-20/h3-5,7,9,12,22H,1-2,6H2,(H,24,26,27);3-5,7-8,10,18H,1-2H2/b10-5+;. The van der Waals surface area contributed by atoms with Crippen LogP contribution in [0.5, 0.6) is 0 Å². The molecule has 2 aliphatic carbocycles. The van der Waals surface area contributed by atoms with E-state index in [1.54, 1.807) is 33.4 Å². The monoisotopic (exact) mass is 699 g/mol. The molecule has 14 nitrogen and oxygen atoms in total. The highest BCUT2D eigenvalue weighted by Crippen LogP contribution is 2.33. The minimum Gasteiger partial charge on any atom is -0.367 e. The SMILES string of the molecule is N#Cc1ccc(-c2cc(NC3CC3)n3ncc(/C=C4\CC(=O)NC4=O)c3n2)s1.N#Cc1ccc(-c2cc(NC3CC3)n3ncc(C=O)c3n2)s1. The summed E-state index contributed by atoms with van der Waals surface area (Å²) in [5, 5.41) is 35.9. The number of rotatable bonds is 8. The highest BCUT2D eigenvalue weighted by Gasteiger charge is 2.26. The molecule has 2 saturated carbocycles. The molecule has 6 aromatic rings. The van der Waals surface area contributed by atoms with Gasteiger partial charge in [-0.05, 0) is 56.0 Å². The van der Waals surface area contributed by atoms with Gasteiger partial charge < -0.3 is 10.6 Å². The van der Waals surface area contributed by atoms with Crippen molar-refractivity contribution in [1.82, 2.24) is 34.5 Å². The maximum Gasteiger partial charge on any atom is 0.254 e. The van der Waals surface area contributed by atoms with E-state index in [4.69, 9.17) is 15.5 Å². The predicted octanol–water partition coefficient (Wildman–Crippen LogP) is 5.05. The molecule has 3 fully saturated rings. The molecule has 9 rings (SSSR count). The molecule has 0 radical (unpaired) electrons. The van der Waals surface area contributed by atoms with Crippen LogP contribution in [-0.2, 0) is 9.59 Å². The van der Waals surface area contributed by atoms with E-state index in [-0.39, 0.29) is 18.2 Å². The molecule has 0 atom stereocenters. The summed E-state index contributed by atoms with van der Waals surface area (Å²) < 4.78 is 3.37. The fraction of sp³-hybridized carbons (Fsp3) is 0.206. The first-order valence-electron chi connectivity index (χ1n) is 15.7. The summed E-state index contributed by atoms with van der Waals surface area (Å²) in [6.45, 7) is 0. The van der Waals surface area contributed by atoms with Crippen LogP contribution in [0.2, 0.25) is 0 Å². The van der Waals surface area contributed by atoms with Crippen LogP contribution in [0.4, 0.5) is 11.6 Å². The minimum absolute atomic E-state index is 0.0551. The summed E-state index contributed by atoms with van der Waals surface area (Å²) in [5.41, 5.74) is 4.11. The molecule has 0 spiro atoms. The first-order chi connectivity index (χ1) is 24.4. The number of hydrogen-bond donors (Lipinski definition) is 3. The highest BCUT2D eigenvalue weighted by molar-refractivity contribution is 7.16. The molecule has 2 amide bonds. The van der Waals surface area contributed by atoms with Crippen molar-refractivity contribution in [2.45, 2.75) is 44.2 Å². The number of nitrogens with one attached hydrogen (secondary N) is 3. The minimum atomic E-state index is -0.381. The van der Waals surface area contributed by atoms with Crippen LogP contribution in [0.25, 0.3) is 38.5 Å². The number of carbonyl (C=O) groups excluding carboxylic acids is 3. The third-order valence-corrected chi connectivity index (χ3v) is 10.2. The largest absolute Gasteiger partial charge is 0.367 e. The van der Waals surface area contributed by atoms with Crippen molar-refractivity contribution in [3.8, 4) is 33.3 Å². The lowest BCUT2D eigenvalue weighted by Crippen LogP contribution is -2.19. The van der Waals surface area contributed by atoms with Gasteiger partial charge in [-0.25, -0.2) is 9.97 Å². The lowest BCUT2D eigenvalue weighted by Gasteiger charge is -2.09. The average Bonchev–Trinajstić information content (AvgIpc) is 3.76. The quantitative estimate of drug-likeness (QED) is 0.109. The van der Waals surface area contributed by atoms with E-state index in [2.05, 4.69) is 43.3 Å². The predicted molar refractivity (Wildman–Crippen MR) is 186 cm³/mol. The van der Waals surface area contributed by atoms with Crippen LogP contribution in [-0.4, -0.2) is 59.4 Å². The van der Waals surface area contributed by atoms with E-state index in [1.807, 2.05) is 24.3 Å². The molecule has 0 bridgehead atoms. The Morgan fingerprint density at radius 3 is 1.76 bits per heavy atom. The molecule has 0 unspecified atom stereocenters. The number of hydrogen-bond acceptors (Lipinski definition) is 13. The number of amides is 2. The molecule has 0 aromatic carbocycles. The van der Waals surface area contributed by atoms with Gasteiger partial charge in [0, 0.05) is 35.4 Å². The lowest BCUT2D eigenvalue weighted by molar-refractivity contribution is -0.124. The van der Waals surface area contributed by atoms with Gasteiger partial charge in [-0.15, -0.1) is 22.7 Å². The maximum atomic E-state index is 11.9. The van der Waals surface area contributed by atoms with Crippen LogP contribution >= 0.6 is 22.7 Å². The molecule has 246 valence electrons. The van der Waals surface area contributed by atoms with Gasteiger partial charge in [-0.1, -0.05) is 0 Å². The van der Waals surface area contributed by atoms with Gasteiger partial charge in [0.05, 0.1) is 45.5 Å². The van der Waals surface area contributed by atoms with Gasteiger partial charge in [0.1, 0.15) is 33.5 Å². The second kappa shape index (κ2) is 12.7. The fourth-order valence-electron chi connectivity index (χ4n) is 5.36. The summed E-state index contributed by atoms with van der Waals surface area (Å²) in [6.07, 6.45) is 10.1. The van der Waals surface area contributed by atoms with Crippen LogP contribution in [0.1, 0.15) is 57.8 Å². The van der Waals surface area contributed by atoms with E-state index in [0.29, 0.717) is 49.8 Å². The number of nitrogens with zero attached hydrogens (tertiary/aromatic N) is 8. The Kier molecular flexibility index (Phi) is 7.87. The average molecular weight is 700 g/mol. The molecule has 1 aliphatic heterocycles. The van der Waals surface area contributed by atoms with Gasteiger partial charge in [-0.2, -0.15) is 29.8 Å². The number of anilines is 2. The smallest absolute Gasteiger partial charge is 0.254 e. The van der Waals surface area contributed by atoms with Crippen LogP contribution in [0, 0.1) is 22.7 Å². The van der Waals surface area contributed by atoms with Gasteiger partial charge in [0.2, 0.25) is 5.91 Å². The molecule has 1 saturated heterocycles. The van der Waals surface area contributed by atoms with E-state index in [1.165, 1.54) is 28.9 Å². The number of aldehydes is 1. The van der Waals surface area contributed by atoms with Crippen LogP contribution in [0.3, 0.4) is 0 Å². The second-order valence-corrected chi connectivity index (χ2v) is 14.1. The molecule has 6 aromatic heterocycles. The number of carbonyl (C=O) groups is 3. The summed E-state index contributed by atoms with van der Waals surface area (Å²) in [5.74, 6) is 0.947. The molecule has 3 aliphatic rings. The normalized spacial score (nSPS) is 16.2. The van der Waals surface area contributed by atoms with Crippen molar-refractivity contribution in [1.29, 1.82) is 10.5 Å². The highest BCUT2D eigenvalue weighted by atomic mass is 32.1. The van der Waals surface area contributed by atoms with Crippen molar-refractivity contribution in [2.75, 3.05) is 10.6 Å². The second-order valence-electron chi connectivity index (χ2n) is 12.0. The Balaban J connectivity index is 0.000000149. The van der Waals surface area contributed by atoms with Crippen LogP contribution < -0.4 is 16.0 Å². The van der Waals surface area contributed by atoms with Gasteiger partial charge in [0.15, 0.2) is 17.6 Å². The Morgan fingerprint density at radius 2 is 1.32 bits per heavy atom. The fourth-order valence-corrected chi connectivity index (χ4v) is 6.88. The van der Waals surface area contributed by atoms with E-state index >= 15 is 0 Å². The summed E-state index contributed by atoms with van der Waals surface area (Å²) >= 11 is 2.76. The van der Waals surface area contributed by atoms with E-state index in [0.717, 1.165) is 64.7 Å². The number of nitriles is 2. The first-order valence-corrected chi connectivity index (χ1v) is 17.3. The molecule has 16 heteroatoms. The first kappa shape index (κ1) is 31.1. The topological polar surface area (TPSA) is 195 Å². The van der Waals surface area contributed by atoms with Crippen molar-refractivity contribution in [2.24, 2.45) is 0 Å². The zero-order chi connectivity index (χ0) is 34.4. The zero-order valence-electron chi connectivity index (χ0n) is 26.1. The molecular weight excluding hydrogens is 675 g/mol. The van der Waals surface area contributed by atoms with Gasteiger partial charge >= 0.3 is 0 Å². The van der Waals surface area contributed by atoms with Crippen LogP contribution in [0.15, 0.2) is 54.4 Å². The lowest BCUT2D eigenvalue weighted by atomic mass is 10.1. The number of aromatic nitrogens is 6. The van der Waals surface area contributed by atoms with Crippen molar-refractivity contribution in [3.63, 3.8) is 0 Å². The zero-order valence-corrected chi connectivity index (χ0v) is 27.7. The number of imide groups is 1. The molecule has 3 N–H and O–H groups in total. The van der Waals surface area contributed by atoms with Gasteiger partial charge in [-0.3, -0.25) is 19.7 Å². The number of fused-ring (bicyclic) bond motifs is 2. The van der Waals surface area contributed by atoms with Crippen molar-refractivity contribution < 1.29 is 14.4 Å². The Morgan fingerprint density at radius 1 is 0.800 bits per heavy atom. The van der Waals surface area contributed by atoms with Gasteiger partial charge in [0.25, 0.3) is 5.91 Å². The molecule has 50 heavy (non-hydrogen) atoms.